The third-order valence-electron chi connectivity index (χ3n) is 4.23. The molecule has 3 aromatic rings. The first-order chi connectivity index (χ1) is 15.3. The zero-order valence-corrected chi connectivity index (χ0v) is 18.1. The summed E-state index contributed by atoms with van der Waals surface area (Å²) in [4.78, 5) is 46.2. The maximum atomic E-state index is 12.3. The van der Waals surface area contributed by atoms with Crippen LogP contribution in [0.25, 0.3) is 0 Å². The minimum absolute atomic E-state index is 0.122. The fraction of sp³-hybridized carbons (Fsp3) is 0.100. The predicted molar refractivity (Wildman–Crippen MR) is 119 cm³/mol. The highest BCUT2D eigenvalue weighted by Crippen LogP contribution is 2.19. The van der Waals surface area contributed by atoms with Crippen molar-refractivity contribution < 1.29 is 19.2 Å². The van der Waals surface area contributed by atoms with E-state index in [4.69, 9.17) is 16.3 Å². The molecular formula is C20H15ClN4O6S. The number of hydrogen-bond acceptors (Lipinski definition) is 8. The highest BCUT2D eigenvalue weighted by Gasteiger charge is 2.14. The number of amides is 1. The van der Waals surface area contributed by atoms with Crippen LogP contribution in [0.15, 0.2) is 58.4 Å². The van der Waals surface area contributed by atoms with E-state index in [0.717, 1.165) is 11.3 Å². The van der Waals surface area contributed by atoms with Crippen LogP contribution in [0.4, 0.5) is 5.69 Å². The SMILES string of the molecule is COC(=O)c1cccc(Cn2c(Cl)c(/C=N\NC(=O)c3ccc([N+](=O)[O-])cc3)sc2=O)c1. The van der Waals surface area contributed by atoms with Crippen molar-refractivity contribution in [2.75, 3.05) is 7.11 Å². The number of nitro benzene ring substituents is 1. The number of carbonyl (C=O) groups is 2. The van der Waals surface area contributed by atoms with E-state index >= 15 is 0 Å². The van der Waals surface area contributed by atoms with Crippen molar-refractivity contribution in [3.63, 3.8) is 0 Å². The number of nitrogens with zero attached hydrogens (tertiary/aromatic N) is 3. The molecule has 0 saturated heterocycles. The highest BCUT2D eigenvalue weighted by atomic mass is 35.5. The molecule has 0 unspecified atom stereocenters. The summed E-state index contributed by atoms with van der Waals surface area (Å²) in [5, 5.41) is 14.6. The molecule has 32 heavy (non-hydrogen) atoms. The summed E-state index contributed by atoms with van der Waals surface area (Å²) in [5.74, 6) is -1.08. The first kappa shape index (κ1) is 22.8. The van der Waals surface area contributed by atoms with Crippen molar-refractivity contribution in [1.29, 1.82) is 0 Å². The summed E-state index contributed by atoms with van der Waals surface area (Å²) in [5.41, 5.74) is 3.33. The topological polar surface area (TPSA) is 133 Å². The second kappa shape index (κ2) is 9.98. The quantitative estimate of drug-likeness (QED) is 0.242. The summed E-state index contributed by atoms with van der Waals surface area (Å²) in [6.07, 6.45) is 1.24. The van der Waals surface area contributed by atoms with Gasteiger partial charge < -0.3 is 4.74 Å². The van der Waals surface area contributed by atoms with Crippen molar-refractivity contribution in [3.8, 4) is 0 Å². The molecule has 0 fully saturated rings. The Bertz CT molecular complexity index is 1270. The molecule has 0 radical (unpaired) electrons. The fourth-order valence-electron chi connectivity index (χ4n) is 2.66. The second-order valence-electron chi connectivity index (χ2n) is 6.30. The lowest BCUT2D eigenvalue weighted by Crippen LogP contribution is -2.17. The van der Waals surface area contributed by atoms with Crippen molar-refractivity contribution >= 4 is 46.7 Å². The standard InChI is InChI=1S/C20H15ClN4O6S/c1-31-19(27)14-4-2-3-12(9-14)11-24-17(21)16(32-20(24)28)10-22-23-18(26)13-5-7-15(8-6-13)25(29)30/h2-10H,11H2,1H3,(H,23,26)/b22-10-. The minimum atomic E-state index is -0.585. The van der Waals surface area contributed by atoms with Crippen LogP contribution in [0.1, 0.15) is 31.2 Å². The lowest BCUT2D eigenvalue weighted by atomic mass is 10.1. The van der Waals surface area contributed by atoms with Crippen molar-refractivity contribution in [1.82, 2.24) is 9.99 Å². The number of methoxy groups -OCH3 is 1. The summed E-state index contributed by atoms with van der Waals surface area (Å²) in [6.45, 7) is 0.127. The number of non-ortho nitro benzene ring substituents is 1. The number of rotatable bonds is 7. The summed E-state index contributed by atoms with van der Waals surface area (Å²) in [6, 6.07) is 11.6. The zero-order chi connectivity index (χ0) is 23.3. The van der Waals surface area contributed by atoms with E-state index in [2.05, 4.69) is 10.5 Å². The molecule has 1 amide bonds. The van der Waals surface area contributed by atoms with Crippen LogP contribution < -0.4 is 10.3 Å². The number of nitrogens with one attached hydrogen (secondary N) is 1. The van der Waals surface area contributed by atoms with Crippen LogP contribution in [-0.2, 0) is 11.3 Å². The number of aromatic nitrogens is 1. The number of esters is 1. The van der Waals surface area contributed by atoms with E-state index < -0.39 is 16.8 Å². The predicted octanol–water partition coefficient (Wildman–Crippen LogP) is 3.07. The van der Waals surface area contributed by atoms with Gasteiger partial charge in [-0.05, 0) is 29.8 Å². The largest absolute Gasteiger partial charge is 0.465 e. The molecule has 3 rings (SSSR count). The van der Waals surface area contributed by atoms with Gasteiger partial charge in [0.1, 0.15) is 5.15 Å². The average Bonchev–Trinajstić information content (AvgIpc) is 3.06. The van der Waals surface area contributed by atoms with E-state index in [-0.39, 0.29) is 27.8 Å². The maximum Gasteiger partial charge on any atom is 0.337 e. The van der Waals surface area contributed by atoms with E-state index in [1.807, 2.05) is 0 Å². The summed E-state index contributed by atoms with van der Waals surface area (Å²) < 4.78 is 6.00. The van der Waals surface area contributed by atoms with Crippen LogP contribution in [0.3, 0.4) is 0 Å². The van der Waals surface area contributed by atoms with Gasteiger partial charge >= 0.3 is 10.8 Å². The van der Waals surface area contributed by atoms with Gasteiger partial charge in [-0.25, -0.2) is 10.2 Å². The Labute approximate surface area is 189 Å². The third-order valence-corrected chi connectivity index (χ3v) is 5.67. The Morgan fingerprint density at radius 3 is 2.62 bits per heavy atom. The third kappa shape index (κ3) is 5.25. The molecule has 0 aliphatic rings. The van der Waals surface area contributed by atoms with Gasteiger partial charge in [-0.15, -0.1) is 0 Å². The molecule has 0 aliphatic heterocycles. The van der Waals surface area contributed by atoms with Gasteiger partial charge in [-0.2, -0.15) is 5.10 Å². The Morgan fingerprint density at radius 1 is 1.25 bits per heavy atom. The normalized spacial score (nSPS) is 10.8. The van der Waals surface area contributed by atoms with Crippen LogP contribution in [0.5, 0.6) is 0 Å². The molecule has 0 spiro atoms. The first-order valence-corrected chi connectivity index (χ1v) is 10.1. The Balaban J connectivity index is 1.71. The Hall–Kier alpha value is -3.83. The van der Waals surface area contributed by atoms with Gasteiger partial charge in [-0.3, -0.25) is 24.3 Å². The Kier molecular flexibility index (Phi) is 7.13. The van der Waals surface area contributed by atoms with E-state index in [9.17, 15) is 24.5 Å². The van der Waals surface area contributed by atoms with Gasteiger partial charge in [0, 0.05) is 17.7 Å². The molecular weight excluding hydrogens is 460 g/mol. The smallest absolute Gasteiger partial charge is 0.337 e. The number of hydrogen-bond donors (Lipinski definition) is 1. The molecule has 1 N–H and O–H groups in total. The van der Waals surface area contributed by atoms with E-state index in [1.54, 1.807) is 24.3 Å². The number of halogens is 1. The van der Waals surface area contributed by atoms with Gasteiger partial charge in [0.2, 0.25) is 0 Å². The molecule has 0 saturated carbocycles. The molecule has 164 valence electrons. The highest BCUT2D eigenvalue weighted by molar-refractivity contribution is 7.11. The summed E-state index contributed by atoms with van der Waals surface area (Å²) in [7, 11) is 1.28. The van der Waals surface area contributed by atoms with E-state index in [1.165, 1.54) is 42.2 Å². The number of hydrazone groups is 1. The lowest BCUT2D eigenvalue weighted by molar-refractivity contribution is -0.384. The van der Waals surface area contributed by atoms with Crippen LogP contribution >= 0.6 is 22.9 Å². The van der Waals surface area contributed by atoms with Crippen molar-refractivity contribution in [2.24, 2.45) is 5.10 Å². The van der Waals surface area contributed by atoms with Crippen LogP contribution in [0.2, 0.25) is 5.15 Å². The van der Waals surface area contributed by atoms with Gasteiger partial charge in [0.05, 0.1) is 35.2 Å². The molecule has 0 aliphatic carbocycles. The molecule has 10 nitrogen and oxygen atoms in total. The molecule has 0 bridgehead atoms. The van der Waals surface area contributed by atoms with E-state index in [0.29, 0.717) is 16.0 Å². The van der Waals surface area contributed by atoms with Crippen molar-refractivity contribution in [3.05, 3.63) is 95.0 Å². The van der Waals surface area contributed by atoms with Crippen LogP contribution in [0, 0.1) is 10.1 Å². The van der Waals surface area contributed by atoms with Gasteiger partial charge in [-0.1, -0.05) is 35.1 Å². The maximum absolute atomic E-state index is 12.3. The van der Waals surface area contributed by atoms with Gasteiger partial charge in [0.15, 0.2) is 0 Å². The molecule has 2 aromatic carbocycles. The van der Waals surface area contributed by atoms with Gasteiger partial charge in [0.25, 0.3) is 11.6 Å². The number of carbonyl (C=O) groups excluding carboxylic acids is 2. The Morgan fingerprint density at radius 2 is 1.97 bits per heavy atom. The number of nitro groups is 1. The molecule has 12 heteroatoms. The second-order valence-corrected chi connectivity index (χ2v) is 7.66. The van der Waals surface area contributed by atoms with Crippen LogP contribution in [-0.4, -0.2) is 34.7 Å². The first-order valence-electron chi connectivity index (χ1n) is 8.94. The summed E-state index contributed by atoms with van der Waals surface area (Å²) >= 11 is 7.14. The molecule has 1 aromatic heterocycles. The number of benzene rings is 2. The fourth-order valence-corrected chi connectivity index (χ4v) is 3.77. The minimum Gasteiger partial charge on any atom is -0.465 e. The molecule has 1 heterocycles. The zero-order valence-electron chi connectivity index (χ0n) is 16.5. The monoisotopic (exact) mass is 474 g/mol. The molecule has 0 atom stereocenters. The average molecular weight is 475 g/mol. The number of ether oxygens (including phenoxy) is 1. The number of thiazole rings is 1. The van der Waals surface area contributed by atoms with Crippen molar-refractivity contribution in [2.45, 2.75) is 6.54 Å². The lowest BCUT2D eigenvalue weighted by Gasteiger charge is -2.06.